The molecule has 0 aromatic carbocycles. The van der Waals surface area contributed by atoms with Gasteiger partial charge < -0.3 is 9.73 Å². The molecule has 0 bridgehead atoms. The van der Waals surface area contributed by atoms with Gasteiger partial charge in [0.1, 0.15) is 22.5 Å². The summed E-state index contributed by atoms with van der Waals surface area (Å²) in [6.45, 7) is 9.78. The van der Waals surface area contributed by atoms with Gasteiger partial charge in [-0.15, -0.1) is 17.9 Å². The summed E-state index contributed by atoms with van der Waals surface area (Å²) < 4.78 is 6.87. The highest BCUT2D eigenvalue weighted by molar-refractivity contribution is 7.11. The third kappa shape index (κ3) is 3.12. The standard InChI is InChI=1S/C17H18N4O3S/c1-5-6-21-8-19-16-14(17(21)23)13(10(3)24-16)15(22)18-7-12-20-9(2)11(4)25-12/h5,8H,1,6-7H2,2-4H3,(H,18,22). The fourth-order valence-electron chi connectivity index (χ4n) is 2.54. The fourth-order valence-corrected chi connectivity index (χ4v) is 3.41. The first-order chi connectivity index (χ1) is 11.9. The van der Waals surface area contributed by atoms with E-state index in [1.807, 2.05) is 13.8 Å². The van der Waals surface area contributed by atoms with Gasteiger partial charge in [0.05, 0.1) is 17.8 Å². The molecule has 0 aliphatic heterocycles. The molecule has 0 spiro atoms. The number of nitrogens with zero attached hydrogens (tertiary/aromatic N) is 3. The average molecular weight is 358 g/mol. The van der Waals surface area contributed by atoms with Crippen LogP contribution in [-0.4, -0.2) is 20.4 Å². The second-order valence-electron chi connectivity index (χ2n) is 5.64. The minimum atomic E-state index is -0.378. The summed E-state index contributed by atoms with van der Waals surface area (Å²) in [5.74, 6) is -0.0167. The fraction of sp³-hybridized carbons (Fsp3) is 0.294. The van der Waals surface area contributed by atoms with Gasteiger partial charge in [0.2, 0.25) is 5.71 Å². The van der Waals surface area contributed by atoms with Crippen LogP contribution in [0.25, 0.3) is 11.1 Å². The van der Waals surface area contributed by atoms with Gasteiger partial charge in [-0.2, -0.15) is 0 Å². The Labute approximate surface area is 148 Å². The van der Waals surface area contributed by atoms with E-state index < -0.39 is 0 Å². The number of aryl methyl sites for hydroxylation is 3. The Bertz CT molecular complexity index is 1010. The summed E-state index contributed by atoms with van der Waals surface area (Å²) in [5.41, 5.74) is 1.01. The first kappa shape index (κ1) is 17.1. The van der Waals surface area contributed by atoms with Gasteiger partial charge in [0.15, 0.2) is 0 Å². The molecule has 3 rings (SSSR count). The van der Waals surface area contributed by atoms with Crippen molar-refractivity contribution >= 4 is 28.3 Å². The highest BCUT2D eigenvalue weighted by Crippen LogP contribution is 2.21. The van der Waals surface area contributed by atoms with Crippen LogP contribution in [0.15, 0.2) is 28.2 Å². The molecule has 0 radical (unpaired) electrons. The van der Waals surface area contributed by atoms with E-state index in [2.05, 4.69) is 21.9 Å². The number of fused-ring (bicyclic) bond motifs is 1. The van der Waals surface area contributed by atoms with Crippen molar-refractivity contribution in [3.63, 3.8) is 0 Å². The van der Waals surface area contributed by atoms with E-state index >= 15 is 0 Å². The molecule has 0 aliphatic carbocycles. The molecule has 3 aromatic rings. The monoisotopic (exact) mass is 358 g/mol. The molecule has 1 N–H and O–H groups in total. The molecule has 0 unspecified atom stereocenters. The topological polar surface area (TPSA) is 90.0 Å². The Kier molecular flexibility index (Phi) is 4.54. The Morgan fingerprint density at radius 1 is 1.44 bits per heavy atom. The molecule has 3 aromatic heterocycles. The SMILES string of the molecule is C=CCn1cnc2oc(C)c(C(=O)NCc3nc(C)c(C)s3)c2c1=O. The van der Waals surface area contributed by atoms with Crippen LogP contribution in [-0.2, 0) is 13.1 Å². The lowest BCUT2D eigenvalue weighted by Gasteiger charge is -2.03. The number of furan rings is 1. The van der Waals surface area contributed by atoms with E-state index in [1.165, 1.54) is 22.2 Å². The highest BCUT2D eigenvalue weighted by Gasteiger charge is 2.22. The maximum Gasteiger partial charge on any atom is 0.265 e. The minimum Gasteiger partial charge on any atom is -0.442 e. The molecular weight excluding hydrogens is 340 g/mol. The maximum atomic E-state index is 12.6. The largest absolute Gasteiger partial charge is 0.442 e. The zero-order chi connectivity index (χ0) is 18.1. The molecule has 0 fully saturated rings. The first-order valence-electron chi connectivity index (χ1n) is 7.73. The molecule has 0 saturated carbocycles. The lowest BCUT2D eigenvalue weighted by molar-refractivity contribution is 0.0950. The Balaban J connectivity index is 1.95. The molecule has 8 heteroatoms. The zero-order valence-corrected chi connectivity index (χ0v) is 15.1. The van der Waals surface area contributed by atoms with Crippen LogP contribution in [0, 0.1) is 20.8 Å². The summed E-state index contributed by atoms with van der Waals surface area (Å²) in [6, 6.07) is 0. The van der Waals surface area contributed by atoms with E-state index in [-0.39, 0.29) is 28.1 Å². The lowest BCUT2D eigenvalue weighted by Crippen LogP contribution is -2.26. The van der Waals surface area contributed by atoms with Crippen LogP contribution < -0.4 is 10.9 Å². The van der Waals surface area contributed by atoms with Gasteiger partial charge >= 0.3 is 0 Å². The average Bonchev–Trinajstić information content (AvgIpc) is 3.07. The summed E-state index contributed by atoms with van der Waals surface area (Å²) in [5, 5.41) is 3.81. The molecule has 7 nitrogen and oxygen atoms in total. The minimum absolute atomic E-state index is 0.161. The van der Waals surface area contributed by atoms with Gasteiger partial charge in [0, 0.05) is 11.4 Å². The molecular formula is C17H18N4O3S. The third-order valence-electron chi connectivity index (χ3n) is 3.88. The van der Waals surface area contributed by atoms with Crippen molar-refractivity contribution in [1.82, 2.24) is 19.9 Å². The number of allylic oxidation sites excluding steroid dienone is 1. The first-order valence-corrected chi connectivity index (χ1v) is 8.54. The Hall–Kier alpha value is -2.74. The van der Waals surface area contributed by atoms with Crippen molar-refractivity contribution in [2.45, 2.75) is 33.9 Å². The van der Waals surface area contributed by atoms with Crippen LogP contribution in [0.2, 0.25) is 0 Å². The number of amides is 1. The maximum absolute atomic E-state index is 12.6. The second-order valence-corrected chi connectivity index (χ2v) is 6.92. The van der Waals surface area contributed by atoms with Crippen LogP contribution in [0.3, 0.4) is 0 Å². The number of rotatable bonds is 5. The lowest BCUT2D eigenvalue weighted by atomic mass is 10.2. The molecule has 0 saturated heterocycles. The Morgan fingerprint density at radius 3 is 2.84 bits per heavy atom. The summed E-state index contributed by atoms with van der Waals surface area (Å²) >= 11 is 1.54. The predicted molar refractivity (Wildman–Crippen MR) is 96.0 cm³/mol. The van der Waals surface area contributed by atoms with Crippen molar-refractivity contribution in [2.75, 3.05) is 0 Å². The Morgan fingerprint density at radius 2 is 2.20 bits per heavy atom. The van der Waals surface area contributed by atoms with E-state index in [9.17, 15) is 9.59 Å². The number of hydrogen-bond acceptors (Lipinski definition) is 6. The third-order valence-corrected chi connectivity index (χ3v) is 4.95. The van der Waals surface area contributed by atoms with Gasteiger partial charge in [-0.05, 0) is 20.8 Å². The van der Waals surface area contributed by atoms with E-state index in [1.54, 1.807) is 13.0 Å². The normalized spacial score (nSPS) is 11.0. The molecule has 1 amide bonds. The van der Waals surface area contributed by atoms with E-state index in [0.717, 1.165) is 15.6 Å². The van der Waals surface area contributed by atoms with Crippen molar-refractivity contribution < 1.29 is 9.21 Å². The summed E-state index contributed by atoms with van der Waals surface area (Å²) in [6.07, 6.45) is 2.98. The van der Waals surface area contributed by atoms with Crippen LogP contribution in [0.4, 0.5) is 0 Å². The molecule has 0 atom stereocenters. The number of aromatic nitrogens is 3. The van der Waals surface area contributed by atoms with Gasteiger partial charge in [-0.25, -0.2) is 9.97 Å². The zero-order valence-electron chi connectivity index (χ0n) is 14.3. The molecule has 3 heterocycles. The summed E-state index contributed by atoms with van der Waals surface area (Å²) in [7, 11) is 0. The van der Waals surface area contributed by atoms with Gasteiger partial charge in [-0.1, -0.05) is 6.08 Å². The van der Waals surface area contributed by atoms with Crippen molar-refractivity contribution in [2.24, 2.45) is 0 Å². The quantitative estimate of drug-likeness (QED) is 0.708. The molecule has 25 heavy (non-hydrogen) atoms. The highest BCUT2D eigenvalue weighted by atomic mass is 32.1. The predicted octanol–water partition coefficient (Wildman–Crippen LogP) is 2.49. The van der Waals surface area contributed by atoms with Crippen LogP contribution >= 0.6 is 11.3 Å². The van der Waals surface area contributed by atoms with Gasteiger partial charge in [0.25, 0.3) is 11.5 Å². The van der Waals surface area contributed by atoms with Gasteiger partial charge in [-0.3, -0.25) is 14.2 Å². The summed E-state index contributed by atoms with van der Waals surface area (Å²) in [4.78, 5) is 34.9. The number of carbonyl (C=O) groups is 1. The number of thiazole rings is 1. The van der Waals surface area contributed by atoms with E-state index in [0.29, 0.717) is 18.8 Å². The van der Waals surface area contributed by atoms with Crippen molar-refractivity contribution in [3.05, 3.63) is 56.2 Å². The molecule has 0 aliphatic rings. The molecule has 130 valence electrons. The number of nitrogens with one attached hydrogen (secondary N) is 1. The van der Waals surface area contributed by atoms with E-state index in [4.69, 9.17) is 4.42 Å². The van der Waals surface area contributed by atoms with Crippen molar-refractivity contribution in [3.8, 4) is 0 Å². The van der Waals surface area contributed by atoms with Crippen LogP contribution in [0.5, 0.6) is 0 Å². The van der Waals surface area contributed by atoms with Crippen molar-refractivity contribution in [1.29, 1.82) is 0 Å². The van der Waals surface area contributed by atoms with Crippen LogP contribution in [0.1, 0.15) is 31.7 Å². The smallest absolute Gasteiger partial charge is 0.265 e. The number of carbonyl (C=O) groups excluding carboxylic acids is 1. The second kappa shape index (κ2) is 6.64. The number of hydrogen-bond donors (Lipinski definition) is 1.